The van der Waals surface area contributed by atoms with Crippen LogP contribution in [0, 0.1) is 0 Å². The Morgan fingerprint density at radius 3 is 1.65 bits per heavy atom. The van der Waals surface area contributed by atoms with Gasteiger partial charge in [0.15, 0.2) is 0 Å². The molecule has 0 fully saturated rings. The van der Waals surface area contributed by atoms with E-state index < -0.39 is 5.97 Å². The zero-order valence-corrected chi connectivity index (χ0v) is 17.0. The van der Waals surface area contributed by atoms with Gasteiger partial charge in [-0.15, -0.1) is 0 Å². The van der Waals surface area contributed by atoms with Crippen LogP contribution in [0.25, 0.3) is 10.8 Å². The van der Waals surface area contributed by atoms with Crippen LogP contribution in [0.1, 0.15) is 63.7 Å². The fourth-order valence-electron chi connectivity index (χ4n) is 3.88. The molecule has 0 saturated heterocycles. The molecule has 0 spiro atoms. The van der Waals surface area contributed by atoms with Crippen molar-refractivity contribution < 1.29 is 14.4 Å². The summed E-state index contributed by atoms with van der Waals surface area (Å²) in [6.45, 7) is 14.8. The van der Waals surface area contributed by atoms with Gasteiger partial charge in [0.1, 0.15) is 0 Å². The van der Waals surface area contributed by atoms with E-state index in [1.807, 2.05) is 24.3 Å². The number of aromatic carboxylic acids is 1. The predicted molar refractivity (Wildman–Crippen MR) is 109 cm³/mol. The number of rotatable bonds is 9. The lowest BCUT2D eigenvalue weighted by Crippen LogP contribution is -2.50. The van der Waals surface area contributed by atoms with Gasteiger partial charge in [-0.05, 0) is 48.1 Å². The second-order valence-corrected chi connectivity index (χ2v) is 7.09. The topological polar surface area (TPSA) is 40.1 Å². The number of hydrogen-bond donors (Lipinski definition) is 0. The van der Waals surface area contributed by atoms with Crippen LogP contribution >= 0.6 is 0 Å². The third-order valence-corrected chi connectivity index (χ3v) is 4.78. The van der Waals surface area contributed by atoms with E-state index in [9.17, 15) is 9.90 Å². The summed E-state index contributed by atoms with van der Waals surface area (Å²) in [5.41, 5.74) is 0.221. The molecule has 0 radical (unpaired) electrons. The Hall–Kier alpha value is -1.87. The zero-order valence-electron chi connectivity index (χ0n) is 17.0. The van der Waals surface area contributed by atoms with Crippen LogP contribution in [0.3, 0.4) is 0 Å². The molecule has 2 rings (SSSR count). The van der Waals surface area contributed by atoms with Crippen LogP contribution in [0.5, 0.6) is 0 Å². The van der Waals surface area contributed by atoms with E-state index in [1.165, 1.54) is 56.3 Å². The summed E-state index contributed by atoms with van der Waals surface area (Å²) < 4.78 is 1.38. The monoisotopic (exact) mass is 357 g/mol. The van der Waals surface area contributed by atoms with E-state index in [-0.39, 0.29) is 5.56 Å². The molecule has 0 amide bonds. The summed E-state index contributed by atoms with van der Waals surface area (Å²) in [4.78, 5) is 10.5. The number of carbonyl (C=O) groups is 1. The van der Waals surface area contributed by atoms with Crippen LogP contribution in [0.2, 0.25) is 0 Å². The van der Waals surface area contributed by atoms with Gasteiger partial charge >= 0.3 is 0 Å². The Bertz CT molecular complexity index is 637. The van der Waals surface area contributed by atoms with Crippen molar-refractivity contribution in [1.29, 1.82) is 0 Å². The van der Waals surface area contributed by atoms with Crippen LogP contribution in [-0.4, -0.2) is 36.6 Å². The minimum absolute atomic E-state index is 0.221. The van der Waals surface area contributed by atoms with E-state index in [0.29, 0.717) is 0 Å². The molecule has 144 valence electrons. The summed E-state index contributed by atoms with van der Waals surface area (Å²) in [6, 6.07) is 12.6. The van der Waals surface area contributed by atoms with Crippen LogP contribution in [0.4, 0.5) is 0 Å². The molecule has 26 heavy (non-hydrogen) atoms. The molecule has 0 atom stereocenters. The Labute approximate surface area is 159 Å². The Balaban J connectivity index is 0.000000260. The van der Waals surface area contributed by atoms with E-state index in [0.717, 1.165) is 10.8 Å². The van der Waals surface area contributed by atoms with Crippen molar-refractivity contribution in [2.45, 2.75) is 53.4 Å². The Kier molecular flexibility index (Phi) is 9.97. The number of benzene rings is 2. The number of hydrogen-bond acceptors (Lipinski definition) is 2. The first-order valence-electron chi connectivity index (χ1n) is 10.1. The van der Waals surface area contributed by atoms with Gasteiger partial charge in [-0.1, -0.05) is 64.1 Å². The molecule has 3 heteroatoms. The highest BCUT2D eigenvalue weighted by molar-refractivity contribution is 5.93. The van der Waals surface area contributed by atoms with Crippen molar-refractivity contribution in [3.8, 4) is 0 Å². The Morgan fingerprint density at radius 1 is 0.769 bits per heavy atom. The van der Waals surface area contributed by atoms with Gasteiger partial charge in [-0.3, -0.25) is 0 Å². The largest absolute Gasteiger partial charge is 0.545 e. The lowest BCUT2D eigenvalue weighted by molar-refractivity contribution is -0.928. The maximum absolute atomic E-state index is 10.5. The summed E-state index contributed by atoms with van der Waals surface area (Å²) >= 11 is 0. The lowest BCUT2D eigenvalue weighted by atomic mass is 10.1. The molecule has 3 nitrogen and oxygen atoms in total. The van der Waals surface area contributed by atoms with Gasteiger partial charge in [0.05, 0.1) is 32.1 Å². The first kappa shape index (κ1) is 22.2. The van der Waals surface area contributed by atoms with Crippen molar-refractivity contribution in [2.24, 2.45) is 0 Å². The predicted octanol–water partition coefficient (Wildman–Crippen LogP) is 4.65. The number of quaternary nitrogens is 1. The maximum atomic E-state index is 10.5. The molecule has 0 aromatic heterocycles. The molecular formula is C23H35NO2. The zero-order chi connectivity index (χ0) is 19.4. The van der Waals surface area contributed by atoms with Gasteiger partial charge in [-0.25, -0.2) is 0 Å². The Morgan fingerprint density at radius 2 is 1.23 bits per heavy atom. The van der Waals surface area contributed by atoms with E-state index >= 15 is 0 Å². The van der Waals surface area contributed by atoms with Crippen molar-refractivity contribution in [2.75, 3.05) is 26.2 Å². The van der Waals surface area contributed by atoms with E-state index in [2.05, 4.69) is 27.7 Å². The van der Waals surface area contributed by atoms with Crippen LogP contribution < -0.4 is 5.11 Å². The molecule has 0 aliphatic rings. The number of nitrogens with zero attached hydrogens (tertiary/aromatic N) is 1. The molecular weight excluding hydrogens is 322 g/mol. The smallest absolute Gasteiger partial charge is 0.0783 e. The van der Waals surface area contributed by atoms with E-state index in [1.54, 1.807) is 18.2 Å². The SMILES string of the molecule is CCC[N+](CCC)(CCC)CCC.O=C([O-])c1ccc2ccccc2c1. The van der Waals surface area contributed by atoms with Crippen molar-refractivity contribution in [3.05, 3.63) is 48.0 Å². The fraction of sp³-hybridized carbons (Fsp3) is 0.522. The van der Waals surface area contributed by atoms with Gasteiger partial charge in [0.2, 0.25) is 0 Å². The highest BCUT2D eigenvalue weighted by atomic mass is 16.4. The lowest BCUT2D eigenvalue weighted by Gasteiger charge is -2.38. The second kappa shape index (κ2) is 11.7. The minimum atomic E-state index is -1.13. The third kappa shape index (κ3) is 6.80. The highest BCUT2D eigenvalue weighted by Gasteiger charge is 2.22. The molecule has 0 bridgehead atoms. The number of carbonyl (C=O) groups excluding carboxylic acids is 1. The average molecular weight is 358 g/mol. The number of carboxylic acids is 1. The third-order valence-electron chi connectivity index (χ3n) is 4.78. The average Bonchev–Trinajstić information content (AvgIpc) is 2.63. The summed E-state index contributed by atoms with van der Waals surface area (Å²) in [6.07, 6.45) is 5.33. The first-order valence-corrected chi connectivity index (χ1v) is 10.1. The quantitative estimate of drug-likeness (QED) is 0.613. The molecule has 0 unspecified atom stereocenters. The summed E-state index contributed by atoms with van der Waals surface area (Å²) in [5, 5.41) is 12.5. The van der Waals surface area contributed by atoms with Gasteiger partial charge in [0.25, 0.3) is 0 Å². The molecule has 0 heterocycles. The number of carboxylic acid groups (broad SMARTS) is 1. The van der Waals surface area contributed by atoms with E-state index in [4.69, 9.17) is 0 Å². The summed E-state index contributed by atoms with van der Waals surface area (Å²) in [7, 11) is 0. The van der Waals surface area contributed by atoms with Gasteiger partial charge < -0.3 is 14.4 Å². The van der Waals surface area contributed by atoms with Crippen LogP contribution in [-0.2, 0) is 0 Å². The second-order valence-electron chi connectivity index (χ2n) is 7.09. The maximum Gasteiger partial charge on any atom is 0.0783 e. The highest BCUT2D eigenvalue weighted by Crippen LogP contribution is 2.15. The minimum Gasteiger partial charge on any atom is -0.545 e. The van der Waals surface area contributed by atoms with Gasteiger partial charge in [0, 0.05) is 0 Å². The standard InChI is InChI=1S/C12H28N.C11H8O2/c1-5-9-13(10-6-2,11-7-3)12-8-4;12-11(13)10-6-5-8-3-1-2-4-9(8)7-10/h5-12H2,1-4H3;1-7H,(H,12,13)/q+1;/p-1. The van der Waals surface area contributed by atoms with Crippen molar-refractivity contribution in [1.82, 2.24) is 0 Å². The van der Waals surface area contributed by atoms with Gasteiger partial charge in [-0.2, -0.15) is 0 Å². The molecule has 0 aliphatic heterocycles. The molecule has 0 aliphatic carbocycles. The fourth-order valence-corrected chi connectivity index (χ4v) is 3.88. The molecule has 0 N–H and O–H groups in total. The van der Waals surface area contributed by atoms with Crippen molar-refractivity contribution >= 4 is 16.7 Å². The summed E-state index contributed by atoms with van der Waals surface area (Å²) in [5.74, 6) is -1.13. The first-order chi connectivity index (χ1) is 12.5. The van der Waals surface area contributed by atoms with Crippen LogP contribution in [0.15, 0.2) is 42.5 Å². The molecule has 0 saturated carbocycles. The normalized spacial score (nSPS) is 11.1. The van der Waals surface area contributed by atoms with Crippen molar-refractivity contribution in [3.63, 3.8) is 0 Å². The molecule has 2 aromatic carbocycles. The number of fused-ring (bicyclic) bond motifs is 1. The molecule has 2 aromatic rings.